The Morgan fingerprint density at radius 2 is 1.88 bits per heavy atom. The monoisotopic (exact) mass is 346 g/mol. The van der Waals surface area contributed by atoms with Crippen LogP contribution in [0.1, 0.15) is 45.2 Å². The van der Waals surface area contributed by atoms with Gasteiger partial charge in [0.25, 0.3) is 0 Å². The van der Waals surface area contributed by atoms with Gasteiger partial charge in [0.2, 0.25) is 11.8 Å². The Kier molecular flexibility index (Phi) is 6.59. The Hall–Kier alpha value is -1.88. The third kappa shape index (κ3) is 4.40. The van der Waals surface area contributed by atoms with E-state index in [1.807, 2.05) is 52.0 Å². The van der Waals surface area contributed by atoms with Gasteiger partial charge in [-0.25, -0.2) is 0 Å². The molecule has 1 heterocycles. The lowest BCUT2D eigenvalue weighted by Gasteiger charge is -2.38. The minimum atomic E-state index is -0.496. The second kappa shape index (κ2) is 8.48. The summed E-state index contributed by atoms with van der Waals surface area (Å²) in [6.07, 6.45) is 1.29. The van der Waals surface area contributed by atoms with E-state index in [4.69, 9.17) is 0 Å². The van der Waals surface area contributed by atoms with E-state index in [-0.39, 0.29) is 36.3 Å². The van der Waals surface area contributed by atoms with Gasteiger partial charge in [0, 0.05) is 31.5 Å². The highest BCUT2D eigenvalue weighted by molar-refractivity contribution is 5.89. The predicted molar refractivity (Wildman–Crippen MR) is 97.8 cm³/mol. The van der Waals surface area contributed by atoms with Crippen molar-refractivity contribution in [3.05, 3.63) is 35.4 Å². The fourth-order valence-corrected chi connectivity index (χ4v) is 3.07. The molecular weight excluding hydrogens is 316 g/mol. The summed E-state index contributed by atoms with van der Waals surface area (Å²) in [5.41, 5.74) is 2.23. The lowest BCUT2D eigenvalue weighted by molar-refractivity contribution is -0.145. The van der Waals surface area contributed by atoms with Crippen molar-refractivity contribution in [1.29, 1.82) is 0 Å². The third-order valence-electron chi connectivity index (χ3n) is 5.38. The number of nitrogens with one attached hydrogen (secondary N) is 1. The Morgan fingerprint density at radius 1 is 1.24 bits per heavy atom. The maximum absolute atomic E-state index is 12.9. The predicted octanol–water partition coefficient (Wildman–Crippen LogP) is 2.12. The third-order valence-corrected chi connectivity index (χ3v) is 5.38. The van der Waals surface area contributed by atoms with Crippen LogP contribution in [-0.2, 0) is 22.6 Å². The zero-order chi connectivity index (χ0) is 18.6. The van der Waals surface area contributed by atoms with Crippen LogP contribution in [0.3, 0.4) is 0 Å². The van der Waals surface area contributed by atoms with Crippen LogP contribution in [-0.4, -0.2) is 40.5 Å². The van der Waals surface area contributed by atoms with Crippen LogP contribution < -0.4 is 5.32 Å². The summed E-state index contributed by atoms with van der Waals surface area (Å²) in [4.78, 5) is 27.4. The molecule has 2 rings (SSSR count). The SMILES string of the molecule is CCC(C)C(=O)N1Cc2ccccc2CC1C(=O)NC(C)C(C)CO. The molecule has 0 saturated heterocycles. The summed E-state index contributed by atoms with van der Waals surface area (Å²) in [5, 5.41) is 12.3. The van der Waals surface area contributed by atoms with Crippen molar-refractivity contribution in [1.82, 2.24) is 10.2 Å². The molecular formula is C20H30N2O3. The van der Waals surface area contributed by atoms with E-state index in [1.54, 1.807) is 4.90 Å². The van der Waals surface area contributed by atoms with Gasteiger partial charge in [-0.05, 0) is 30.4 Å². The molecule has 0 radical (unpaired) electrons. The minimum absolute atomic E-state index is 0.0183. The fraction of sp³-hybridized carbons (Fsp3) is 0.600. The maximum atomic E-state index is 12.9. The van der Waals surface area contributed by atoms with Crippen molar-refractivity contribution < 1.29 is 14.7 Å². The lowest BCUT2D eigenvalue weighted by Crippen LogP contribution is -2.55. The number of aliphatic hydroxyl groups is 1. The van der Waals surface area contributed by atoms with E-state index in [2.05, 4.69) is 5.32 Å². The minimum Gasteiger partial charge on any atom is -0.396 e. The molecule has 2 amide bonds. The number of carbonyl (C=O) groups is 2. The van der Waals surface area contributed by atoms with E-state index in [0.717, 1.165) is 17.5 Å². The van der Waals surface area contributed by atoms with E-state index in [0.29, 0.717) is 13.0 Å². The van der Waals surface area contributed by atoms with Crippen molar-refractivity contribution >= 4 is 11.8 Å². The number of hydrogen-bond donors (Lipinski definition) is 2. The Bertz CT molecular complexity index is 617. The molecule has 25 heavy (non-hydrogen) atoms. The number of aliphatic hydroxyl groups excluding tert-OH is 1. The quantitative estimate of drug-likeness (QED) is 0.829. The van der Waals surface area contributed by atoms with Crippen LogP contribution in [0.4, 0.5) is 0 Å². The highest BCUT2D eigenvalue weighted by Crippen LogP contribution is 2.25. The average Bonchev–Trinajstić information content (AvgIpc) is 2.64. The van der Waals surface area contributed by atoms with E-state index >= 15 is 0 Å². The summed E-state index contributed by atoms with van der Waals surface area (Å²) >= 11 is 0. The molecule has 0 saturated carbocycles. The molecule has 5 nitrogen and oxygen atoms in total. The van der Waals surface area contributed by atoms with Crippen molar-refractivity contribution in [3.8, 4) is 0 Å². The summed E-state index contributed by atoms with van der Waals surface area (Å²) in [6, 6.07) is 7.35. The summed E-state index contributed by atoms with van der Waals surface area (Å²) in [6.45, 7) is 8.17. The molecule has 1 aromatic carbocycles. The first-order valence-electron chi connectivity index (χ1n) is 9.17. The van der Waals surface area contributed by atoms with E-state index in [9.17, 15) is 14.7 Å². The molecule has 1 aliphatic heterocycles. The first-order chi connectivity index (χ1) is 11.9. The highest BCUT2D eigenvalue weighted by Gasteiger charge is 2.36. The smallest absolute Gasteiger partial charge is 0.243 e. The van der Waals surface area contributed by atoms with Crippen LogP contribution >= 0.6 is 0 Å². The largest absolute Gasteiger partial charge is 0.396 e. The fourth-order valence-electron chi connectivity index (χ4n) is 3.07. The van der Waals surface area contributed by atoms with Crippen LogP contribution in [0.2, 0.25) is 0 Å². The Balaban J connectivity index is 2.24. The van der Waals surface area contributed by atoms with Crippen LogP contribution in [0.15, 0.2) is 24.3 Å². The van der Waals surface area contributed by atoms with Gasteiger partial charge in [0.15, 0.2) is 0 Å². The van der Waals surface area contributed by atoms with Gasteiger partial charge in [-0.2, -0.15) is 0 Å². The summed E-state index contributed by atoms with van der Waals surface area (Å²) in [7, 11) is 0. The normalized spacial score (nSPS) is 20.4. The number of benzene rings is 1. The van der Waals surface area contributed by atoms with Gasteiger partial charge in [-0.15, -0.1) is 0 Å². The molecule has 138 valence electrons. The Labute approximate surface area is 150 Å². The highest BCUT2D eigenvalue weighted by atomic mass is 16.3. The lowest BCUT2D eigenvalue weighted by atomic mass is 9.91. The average molecular weight is 346 g/mol. The summed E-state index contributed by atoms with van der Waals surface area (Å²) in [5.74, 6) is -0.244. The molecule has 4 atom stereocenters. The molecule has 0 aliphatic carbocycles. The number of hydrogen-bond acceptors (Lipinski definition) is 3. The van der Waals surface area contributed by atoms with Crippen LogP contribution in [0, 0.1) is 11.8 Å². The van der Waals surface area contributed by atoms with E-state index < -0.39 is 6.04 Å². The maximum Gasteiger partial charge on any atom is 0.243 e. The zero-order valence-electron chi connectivity index (χ0n) is 15.7. The standard InChI is InChI=1S/C20H30N2O3/c1-5-13(2)20(25)22-11-17-9-7-6-8-16(17)10-18(22)19(24)21-15(4)14(3)12-23/h6-9,13-15,18,23H,5,10-12H2,1-4H3,(H,21,24). The van der Waals surface area contributed by atoms with E-state index in [1.165, 1.54) is 0 Å². The molecule has 5 heteroatoms. The molecule has 1 aliphatic rings. The number of carbonyl (C=O) groups excluding carboxylic acids is 2. The second-order valence-corrected chi connectivity index (χ2v) is 7.22. The van der Waals surface area contributed by atoms with Crippen LogP contribution in [0.5, 0.6) is 0 Å². The molecule has 0 spiro atoms. The molecule has 0 aromatic heterocycles. The molecule has 0 bridgehead atoms. The van der Waals surface area contributed by atoms with Gasteiger partial charge in [0.05, 0.1) is 0 Å². The molecule has 4 unspecified atom stereocenters. The first kappa shape index (κ1) is 19.4. The van der Waals surface area contributed by atoms with Gasteiger partial charge in [-0.3, -0.25) is 9.59 Å². The summed E-state index contributed by atoms with van der Waals surface area (Å²) < 4.78 is 0. The number of amides is 2. The van der Waals surface area contributed by atoms with Crippen molar-refractivity contribution in [2.24, 2.45) is 11.8 Å². The number of rotatable bonds is 6. The zero-order valence-corrected chi connectivity index (χ0v) is 15.7. The first-order valence-corrected chi connectivity index (χ1v) is 9.17. The van der Waals surface area contributed by atoms with Crippen molar-refractivity contribution in [2.75, 3.05) is 6.61 Å². The van der Waals surface area contributed by atoms with Crippen molar-refractivity contribution in [2.45, 2.75) is 59.2 Å². The van der Waals surface area contributed by atoms with Crippen molar-refractivity contribution in [3.63, 3.8) is 0 Å². The number of nitrogens with zero attached hydrogens (tertiary/aromatic N) is 1. The second-order valence-electron chi connectivity index (χ2n) is 7.22. The molecule has 0 fully saturated rings. The van der Waals surface area contributed by atoms with Gasteiger partial charge >= 0.3 is 0 Å². The topological polar surface area (TPSA) is 69.6 Å². The van der Waals surface area contributed by atoms with Crippen LogP contribution in [0.25, 0.3) is 0 Å². The molecule has 1 aromatic rings. The van der Waals surface area contributed by atoms with Gasteiger partial charge in [-0.1, -0.05) is 45.0 Å². The Morgan fingerprint density at radius 3 is 2.48 bits per heavy atom. The molecule has 2 N–H and O–H groups in total. The van der Waals surface area contributed by atoms with Gasteiger partial charge in [0.1, 0.15) is 6.04 Å². The number of fused-ring (bicyclic) bond motifs is 1. The van der Waals surface area contributed by atoms with Gasteiger partial charge < -0.3 is 15.3 Å².